The zero-order valence-electron chi connectivity index (χ0n) is 13.1. The van der Waals surface area contributed by atoms with Gasteiger partial charge in [-0.05, 0) is 40.0 Å². The Hall–Kier alpha value is -1.72. The van der Waals surface area contributed by atoms with Gasteiger partial charge in [-0.3, -0.25) is 19.5 Å². The first kappa shape index (κ1) is 14.2. The lowest BCUT2D eigenvalue weighted by Gasteiger charge is -2.45. The van der Waals surface area contributed by atoms with E-state index < -0.39 is 5.60 Å². The molecule has 0 aliphatic carbocycles. The number of carbonyl (C=O) groups excluding carboxylic acids is 1. The number of hydrogen-bond acceptors (Lipinski definition) is 3. The maximum atomic E-state index is 12.5. The quantitative estimate of drug-likeness (QED) is 0.796. The predicted molar refractivity (Wildman–Crippen MR) is 78.2 cm³/mol. The summed E-state index contributed by atoms with van der Waals surface area (Å²) in [6.45, 7) is 5.63. The van der Waals surface area contributed by atoms with E-state index in [2.05, 4.69) is 5.10 Å². The third-order valence-corrected chi connectivity index (χ3v) is 4.30. The molecule has 1 saturated heterocycles. The van der Waals surface area contributed by atoms with Crippen LogP contribution in [-0.2, 0) is 18.2 Å². The second-order valence-electron chi connectivity index (χ2n) is 7.06. The molecule has 2 aliphatic rings. The van der Waals surface area contributed by atoms with Crippen molar-refractivity contribution in [3.8, 4) is 0 Å². The average molecular weight is 293 g/mol. The second kappa shape index (κ2) is 4.64. The standard InChI is InChI=1S/C15H23N3O3/c1-15(2,3)21-14(20)18-9-6-5-7-11(18)12-10(8-9)13(19)17(4)16-12/h9,11,16H,5-8H2,1-4H3/t9-,11+/m1/s1. The molecule has 21 heavy (non-hydrogen) atoms. The smallest absolute Gasteiger partial charge is 0.411 e. The third-order valence-electron chi connectivity index (χ3n) is 4.30. The number of nitrogens with zero attached hydrogens (tertiary/aromatic N) is 2. The molecule has 0 aromatic carbocycles. The second-order valence-corrected chi connectivity index (χ2v) is 7.06. The average Bonchev–Trinajstić information content (AvgIpc) is 2.64. The van der Waals surface area contributed by atoms with E-state index in [-0.39, 0.29) is 23.7 Å². The first-order valence-electron chi connectivity index (χ1n) is 7.57. The molecule has 2 bridgehead atoms. The molecule has 116 valence electrons. The van der Waals surface area contributed by atoms with Crippen LogP contribution < -0.4 is 5.56 Å². The van der Waals surface area contributed by atoms with Gasteiger partial charge in [0.25, 0.3) is 5.56 Å². The number of hydrogen-bond donors (Lipinski definition) is 1. The van der Waals surface area contributed by atoms with Gasteiger partial charge in [-0.15, -0.1) is 0 Å². The molecule has 1 N–H and O–H groups in total. The van der Waals surface area contributed by atoms with Crippen LogP contribution in [0.5, 0.6) is 0 Å². The van der Waals surface area contributed by atoms with Crippen molar-refractivity contribution in [1.82, 2.24) is 14.7 Å². The number of aryl methyl sites for hydroxylation is 1. The van der Waals surface area contributed by atoms with Crippen molar-refractivity contribution in [2.24, 2.45) is 7.05 Å². The van der Waals surface area contributed by atoms with Crippen LogP contribution in [0, 0.1) is 0 Å². The number of H-pyrrole nitrogens is 1. The van der Waals surface area contributed by atoms with Crippen LogP contribution in [-0.4, -0.2) is 32.4 Å². The van der Waals surface area contributed by atoms with Crippen LogP contribution in [0.2, 0.25) is 0 Å². The minimum atomic E-state index is -0.504. The third kappa shape index (κ3) is 2.36. The molecule has 1 aromatic heterocycles. The first-order valence-corrected chi connectivity index (χ1v) is 7.57. The molecule has 0 saturated carbocycles. The molecule has 6 heteroatoms. The number of carbonyl (C=O) groups is 1. The van der Waals surface area contributed by atoms with Gasteiger partial charge in [0.1, 0.15) is 5.60 Å². The van der Waals surface area contributed by atoms with Crippen molar-refractivity contribution in [3.63, 3.8) is 0 Å². The highest BCUT2D eigenvalue weighted by atomic mass is 16.6. The SMILES string of the molecule is Cn1[nH]c2c(c1=O)C[C@H]1CCC[C@@H]2N1C(=O)OC(C)(C)C. The van der Waals surface area contributed by atoms with E-state index in [0.717, 1.165) is 30.5 Å². The number of amides is 1. The van der Waals surface area contributed by atoms with E-state index in [1.54, 1.807) is 7.05 Å². The number of aromatic amines is 1. The summed E-state index contributed by atoms with van der Waals surface area (Å²) < 4.78 is 7.07. The van der Waals surface area contributed by atoms with Crippen molar-refractivity contribution in [1.29, 1.82) is 0 Å². The lowest BCUT2D eigenvalue weighted by Crippen LogP contribution is -2.51. The summed E-state index contributed by atoms with van der Waals surface area (Å²) in [5.74, 6) is 0. The Morgan fingerprint density at radius 1 is 1.33 bits per heavy atom. The summed E-state index contributed by atoms with van der Waals surface area (Å²) in [6, 6.07) is 0.0193. The van der Waals surface area contributed by atoms with Crippen molar-refractivity contribution in [3.05, 3.63) is 21.6 Å². The van der Waals surface area contributed by atoms with Gasteiger partial charge in [-0.1, -0.05) is 0 Å². The summed E-state index contributed by atoms with van der Waals surface area (Å²) in [6.07, 6.45) is 3.24. The first-order chi connectivity index (χ1) is 9.78. The molecule has 0 spiro atoms. The Bertz CT molecular complexity index is 623. The topological polar surface area (TPSA) is 67.3 Å². The molecule has 0 unspecified atom stereocenters. The Labute approximate surface area is 124 Å². The van der Waals surface area contributed by atoms with Crippen LogP contribution >= 0.6 is 0 Å². The number of fused-ring (bicyclic) bond motifs is 4. The molecule has 3 heterocycles. The maximum absolute atomic E-state index is 12.5. The predicted octanol–water partition coefficient (Wildman–Crippen LogP) is 2.10. The Kier molecular flexibility index (Phi) is 3.15. The highest BCUT2D eigenvalue weighted by molar-refractivity contribution is 5.70. The number of aromatic nitrogens is 2. The fourth-order valence-corrected chi connectivity index (χ4v) is 3.48. The lowest BCUT2D eigenvalue weighted by molar-refractivity contribution is -0.0104. The normalized spacial score (nSPS) is 24.7. The van der Waals surface area contributed by atoms with Gasteiger partial charge in [0.05, 0.1) is 11.7 Å². The van der Waals surface area contributed by atoms with Gasteiger partial charge in [0.2, 0.25) is 0 Å². The summed E-state index contributed by atoms with van der Waals surface area (Å²) in [7, 11) is 1.72. The van der Waals surface area contributed by atoms with E-state index in [9.17, 15) is 9.59 Å². The van der Waals surface area contributed by atoms with Gasteiger partial charge in [0.15, 0.2) is 0 Å². The van der Waals surface area contributed by atoms with Gasteiger partial charge >= 0.3 is 6.09 Å². The molecule has 1 fully saturated rings. The Morgan fingerprint density at radius 3 is 2.71 bits per heavy atom. The zero-order chi connectivity index (χ0) is 15.4. The number of piperidine rings is 1. The van der Waals surface area contributed by atoms with Crippen LogP contribution in [0.4, 0.5) is 4.79 Å². The molecule has 1 aromatic rings. The van der Waals surface area contributed by atoms with Gasteiger partial charge in [0, 0.05) is 25.1 Å². The summed E-state index contributed by atoms with van der Waals surface area (Å²) in [5.41, 5.74) is 1.26. The van der Waals surface area contributed by atoms with Crippen molar-refractivity contribution >= 4 is 6.09 Å². The molecular formula is C15H23N3O3. The van der Waals surface area contributed by atoms with Gasteiger partial charge < -0.3 is 4.74 Å². The number of ether oxygens (including phenoxy) is 1. The maximum Gasteiger partial charge on any atom is 0.411 e. The van der Waals surface area contributed by atoms with Gasteiger partial charge in [-0.25, -0.2) is 4.79 Å². The lowest BCUT2D eigenvalue weighted by atomic mass is 9.84. The summed E-state index contributed by atoms with van der Waals surface area (Å²) >= 11 is 0. The molecule has 2 atom stereocenters. The van der Waals surface area contributed by atoms with Crippen LogP contribution in [0.3, 0.4) is 0 Å². The molecule has 2 aliphatic heterocycles. The summed E-state index contributed by atoms with van der Waals surface area (Å²) in [4.78, 5) is 26.5. The fraction of sp³-hybridized carbons (Fsp3) is 0.733. The van der Waals surface area contributed by atoms with Crippen molar-refractivity contribution in [2.75, 3.05) is 0 Å². The molecule has 3 rings (SSSR count). The van der Waals surface area contributed by atoms with Crippen LogP contribution in [0.1, 0.15) is 57.3 Å². The van der Waals surface area contributed by atoms with E-state index in [1.165, 1.54) is 4.68 Å². The van der Waals surface area contributed by atoms with E-state index in [1.807, 2.05) is 25.7 Å². The number of nitrogens with one attached hydrogen (secondary N) is 1. The minimum absolute atomic E-state index is 0.0331. The molecular weight excluding hydrogens is 270 g/mol. The highest BCUT2D eigenvalue weighted by Crippen LogP contribution is 2.40. The molecule has 0 radical (unpaired) electrons. The van der Waals surface area contributed by atoms with Crippen molar-refractivity contribution in [2.45, 2.75) is 64.1 Å². The Balaban J connectivity index is 1.97. The molecule has 6 nitrogen and oxygen atoms in total. The van der Waals surface area contributed by atoms with Crippen LogP contribution in [0.25, 0.3) is 0 Å². The number of rotatable bonds is 0. The van der Waals surface area contributed by atoms with E-state index in [4.69, 9.17) is 4.74 Å². The monoisotopic (exact) mass is 293 g/mol. The zero-order valence-corrected chi connectivity index (χ0v) is 13.1. The minimum Gasteiger partial charge on any atom is -0.444 e. The van der Waals surface area contributed by atoms with E-state index >= 15 is 0 Å². The van der Waals surface area contributed by atoms with Crippen molar-refractivity contribution < 1.29 is 9.53 Å². The molecule has 1 amide bonds. The largest absolute Gasteiger partial charge is 0.444 e. The summed E-state index contributed by atoms with van der Waals surface area (Å²) in [5, 5.41) is 3.12. The van der Waals surface area contributed by atoms with Crippen LogP contribution in [0.15, 0.2) is 4.79 Å². The van der Waals surface area contributed by atoms with E-state index in [0.29, 0.717) is 6.42 Å². The van der Waals surface area contributed by atoms with Gasteiger partial charge in [-0.2, -0.15) is 0 Å². The Morgan fingerprint density at radius 2 is 2.05 bits per heavy atom. The fourth-order valence-electron chi connectivity index (χ4n) is 3.48. The highest BCUT2D eigenvalue weighted by Gasteiger charge is 2.44.